The number of aromatic nitrogens is 2. The highest BCUT2D eigenvalue weighted by Crippen LogP contribution is 2.25. The minimum atomic E-state index is -4.64. The van der Waals surface area contributed by atoms with Crippen molar-refractivity contribution in [1.29, 1.82) is 0 Å². The average molecular weight is 294 g/mol. The first kappa shape index (κ1) is 14.4. The van der Waals surface area contributed by atoms with Crippen molar-refractivity contribution >= 4 is 29.5 Å². The maximum atomic E-state index is 11.2. The molecule has 1 heterocycles. The summed E-state index contributed by atoms with van der Waals surface area (Å²) in [5.41, 5.74) is 0.548. The molecule has 0 aliphatic rings. The van der Waals surface area contributed by atoms with Gasteiger partial charge in [-0.25, -0.2) is 14.3 Å². The van der Waals surface area contributed by atoms with E-state index in [0.717, 1.165) is 21.7 Å². The van der Waals surface area contributed by atoms with Crippen molar-refractivity contribution in [1.82, 2.24) is 9.97 Å². The Labute approximate surface area is 112 Å². The lowest BCUT2D eigenvalue weighted by molar-refractivity contribution is 0.275. The van der Waals surface area contributed by atoms with E-state index < -0.39 is 7.82 Å². The van der Waals surface area contributed by atoms with Crippen LogP contribution in [0.15, 0.2) is 47.4 Å². The molecule has 0 spiro atoms. The fourth-order valence-corrected chi connectivity index (χ4v) is 1.80. The third-order valence-electron chi connectivity index (χ3n) is 2.51. The van der Waals surface area contributed by atoms with Crippen LogP contribution in [0, 0.1) is 0 Å². The molecule has 0 bridgehead atoms. The van der Waals surface area contributed by atoms with Crippen molar-refractivity contribution in [2.75, 3.05) is 0 Å². The van der Waals surface area contributed by atoms with Gasteiger partial charge < -0.3 is 19.7 Å². The van der Waals surface area contributed by atoms with E-state index in [1.54, 1.807) is 6.20 Å². The van der Waals surface area contributed by atoms with E-state index in [4.69, 9.17) is 19.2 Å². The predicted octanol–water partition coefficient (Wildman–Crippen LogP) is 1.15. The molecule has 3 aromatic rings. The van der Waals surface area contributed by atoms with Crippen LogP contribution in [0.1, 0.15) is 0 Å². The van der Waals surface area contributed by atoms with Crippen molar-refractivity contribution < 1.29 is 19.2 Å². The van der Waals surface area contributed by atoms with Gasteiger partial charge in [0, 0.05) is 17.0 Å². The molecule has 0 unspecified atom stereocenters. The minimum Gasteiger partial charge on any atom is -0.305 e. The first-order chi connectivity index (χ1) is 9.34. The second-order valence-corrected chi connectivity index (χ2v) is 4.98. The highest BCUT2D eigenvalue weighted by Gasteiger charge is 2.00. The van der Waals surface area contributed by atoms with E-state index in [0.29, 0.717) is 0 Å². The fourth-order valence-electron chi connectivity index (χ4n) is 1.80. The van der Waals surface area contributed by atoms with Gasteiger partial charge in [0.15, 0.2) is 0 Å². The smallest absolute Gasteiger partial charge is 0.305 e. The first-order valence-corrected chi connectivity index (χ1v) is 7.06. The van der Waals surface area contributed by atoms with E-state index in [-0.39, 0.29) is 5.69 Å². The van der Waals surface area contributed by atoms with Crippen LogP contribution in [0.3, 0.4) is 0 Å². The lowest BCUT2D eigenvalue weighted by Crippen LogP contribution is -2.08. The van der Waals surface area contributed by atoms with Gasteiger partial charge in [-0.3, -0.25) is 0 Å². The van der Waals surface area contributed by atoms with Crippen molar-refractivity contribution in [2.45, 2.75) is 0 Å². The molecule has 0 aliphatic heterocycles. The Kier molecular flexibility index (Phi) is 3.96. The van der Waals surface area contributed by atoms with E-state index in [2.05, 4.69) is 9.97 Å². The van der Waals surface area contributed by atoms with Gasteiger partial charge >= 0.3 is 13.5 Å². The number of H-pyrrole nitrogens is 1. The normalized spacial score (nSPS) is 11.2. The number of nitrogens with zero attached hydrogens (tertiary/aromatic N) is 1. The Morgan fingerprint density at radius 1 is 1.00 bits per heavy atom. The lowest BCUT2D eigenvalue weighted by Gasteiger charge is -2.01. The number of nitrogens with one attached hydrogen (secondary N) is 1. The largest absolute Gasteiger partial charge is 0.466 e. The third-order valence-corrected chi connectivity index (χ3v) is 2.51. The molecule has 0 fully saturated rings. The molecule has 0 saturated heterocycles. The topological polar surface area (TPSA) is 124 Å². The molecule has 0 amide bonds. The molecule has 4 N–H and O–H groups in total. The summed E-state index contributed by atoms with van der Waals surface area (Å²) in [6.07, 6.45) is 1.60. The standard InChI is InChI=1S/C12H8N2O.H3O4P/c15-12-13-7-9-6-5-8-3-1-2-4-10(8)11(9)14-12;1-5(2,3)4/h1-7H,(H,13,14,15);(H3,1,2,3,4). The van der Waals surface area contributed by atoms with Crippen molar-refractivity contribution in [3.63, 3.8) is 0 Å². The molecule has 2 aromatic carbocycles. The summed E-state index contributed by atoms with van der Waals surface area (Å²) in [5, 5.41) is 3.12. The Balaban J connectivity index is 0.000000257. The van der Waals surface area contributed by atoms with E-state index in [9.17, 15) is 4.79 Å². The minimum absolute atomic E-state index is 0.307. The highest BCUT2D eigenvalue weighted by atomic mass is 31.2. The summed E-state index contributed by atoms with van der Waals surface area (Å²) in [6.45, 7) is 0. The van der Waals surface area contributed by atoms with Crippen LogP contribution in [-0.2, 0) is 4.57 Å². The second-order valence-electron chi connectivity index (χ2n) is 3.95. The van der Waals surface area contributed by atoms with Gasteiger partial charge in [-0.05, 0) is 5.39 Å². The van der Waals surface area contributed by atoms with E-state index in [1.165, 1.54) is 0 Å². The molecule has 104 valence electrons. The molecule has 8 heteroatoms. The first-order valence-electron chi connectivity index (χ1n) is 5.50. The average Bonchev–Trinajstić information content (AvgIpc) is 2.36. The SMILES string of the molecule is O=P(O)(O)O.O=c1ncc2ccc3ccccc3c2[nH]1. The van der Waals surface area contributed by atoms with E-state index >= 15 is 0 Å². The number of phosphoric acid groups is 1. The molecule has 7 nitrogen and oxygen atoms in total. The van der Waals surface area contributed by atoms with Gasteiger partial charge in [-0.2, -0.15) is 0 Å². The number of hydrogen-bond acceptors (Lipinski definition) is 3. The molecule has 20 heavy (non-hydrogen) atoms. The fraction of sp³-hybridized carbons (Fsp3) is 0. The molecule has 1 aromatic heterocycles. The zero-order chi connectivity index (χ0) is 14.8. The predicted molar refractivity (Wildman–Crippen MR) is 74.1 cm³/mol. The summed E-state index contributed by atoms with van der Waals surface area (Å²) in [5.74, 6) is 0. The summed E-state index contributed by atoms with van der Waals surface area (Å²) in [4.78, 5) is 39.2. The van der Waals surface area contributed by atoms with Crippen LogP contribution in [0.4, 0.5) is 0 Å². The highest BCUT2D eigenvalue weighted by molar-refractivity contribution is 7.45. The van der Waals surface area contributed by atoms with Gasteiger partial charge in [-0.1, -0.05) is 36.4 Å². The van der Waals surface area contributed by atoms with Crippen molar-refractivity contribution in [3.8, 4) is 0 Å². The quantitative estimate of drug-likeness (QED) is 0.364. The van der Waals surface area contributed by atoms with Gasteiger partial charge in [0.25, 0.3) is 0 Å². The maximum Gasteiger partial charge on any atom is 0.466 e. The number of rotatable bonds is 0. The van der Waals surface area contributed by atoms with Crippen LogP contribution < -0.4 is 5.69 Å². The van der Waals surface area contributed by atoms with Crippen LogP contribution in [-0.4, -0.2) is 24.6 Å². The van der Waals surface area contributed by atoms with Crippen LogP contribution in [0.2, 0.25) is 0 Å². The molecule has 3 rings (SSSR count). The van der Waals surface area contributed by atoms with Crippen molar-refractivity contribution in [3.05, 3.63) is 53.1 Å². The number of aromatic amines is 1. The second kappa shape index (κ2) is 5.52. The number of benzene rings is 2. The van der Waals surface area contributed by atoms with E-state index in [1.807, 2.05) is 36.4 Å². The van der Waals surface area contributed by atoms with Gasteiger partial charge in [-0.15, -0.1) is 0 Å². The molecule has 0 atom stereocenters. The van der Waals surface area contributed by atoms with Gasteiger partial charge in [0.2, 0.25) is 0 Å². The molecule has 0 radical (unpaired) electrons. The molecule has 0 aliphatic carbocycles. The Morgan fingerprint density at radius 2 is 1.60 bits per heavy atom. The van der Waals surface area contributed by atoms with Crippen LogP contribution >= 0.6 is 7.82 Å². The van der Waals surface area contributed by atoms with Gasteiger partial charge in [0.1, 0.15) is 0 Å². The Hall–Kier alpha value is -2.05. The lowest BCUT2D eigenvalue weighted by atomic mass is 10.1. The number of fused-ring (bicyclic) bond motifs is 3. The Bertz CT molecular complexity index is 847. The van der Waals surface area contributed by atoms with Crippen molar-refractivity contribution in [2.24, 2.45) is 0 Å². The molecule has 0 saturated carbocycles. The zero-order valence-electron chi connectivity index (χ0n) is 10.1. The maximum absolute atomic E-state index is 11.2. The Morgan fingerprint density at radius 3 is 2.30 bits per heavy atom. The summed E-state index contributed by atoms with van der Waals surface area (Å²) >= 11 is 0. The number of hydrogen-bond donors (Lipinski definition) is 4. The zero-order valence-corrected chi connectivity index (χ0v) is 11.0. The molecular weight excluding hydrogens is 283 g/mol. The molecular formula is C12H11N2O5P. The summed E-state index contributed by atoms with van der Waals surface area (Å²) in [6, 6.07) is 11.9. The van der Waals surface area contributed by atoms with Crippen LogP contribution in [0.5, 0.6) is 0 Å². The summed E-state index contributed by atoms with van der Waals surface area (Å²) < 4.78 is 8.88. The van der Waals surface area contributed by atoms with Crippen LogP contribution in [0.25, 0.3) is 21.7 Å². The third kappa shape index (κ3) is 3.72. The summed E-state index contributed by atoms with van der Waals surface area (Å²) in [7, 11) is -4.64. The van der Waals surface area contributed by atoms with Gasteiger partial charge in [0.05, 0.1) is 5.52 Å². The monoisotopic (exact) mass is 294 g/mol.